The predicted octanol–water partition coefficient (Wildman–Crippen LogP) is 0.903. The van der Waals surface area contributed by atoms with E-state index in [0.29, 0.717) is 12.1 Å². The predicted molar refractivity (Wildman–Crippen MR) is 70.8 cm³/mol. The van der Waals surface area contributed by atoms with Gasteiger partial charge in [0.05, 0.1) is 6.07 Å². The summed E-state index contributed by atoms with van der Waals surface area (Å²) in [6, 6.07) is 3.40. The maximum absolute atomic E-state index is 9.10. The van der Waals surface area contributed by atoms with Crippen LogP contribution in [0.25, 0.3) is 0 Å². The van der Waals surface area contributed by atoms with Crippen molar-refractivity contribution in [2.75, 3.05) is 33.7 Å². The van der Waals surface area contributed by atoms with Gasteiger partial charge >= 0.3 is 0 Å². The van der Waals surface area contributed by atoms with Crippen molar-refractivity contribution in [1.29, 1.82) is 5.26 Å². The average molecular weight is 238 g/mol. The molecule has 0 aromatic heterocycles. The van der Waals surface area contributed by atoms with Gasteiger partial charge in [-0.25, -0.2) is 0 Å². The molecule has 1 unspecified atom stereocenters. The fraction of sp³-hybridized carbons (Fsp3) is 0.923. The molecule has 1 aliphatic rings. The van der Waals surface area contributed by atoms with Crippen LogP contribution in [-0.4, -0.2) is 61.7 Å². The lowest BCUT2D eigenvalue weighted by Gasteiger charge is -2.36. The minimum atomic E-state index is -0.0362. The van der Waals surface area contributed by atoms with Crippen LogP contribution in [0, 0.1) is 11.3 Å². The lowest BCUT2D eigenvalue weighted by Crippen LogP contribution is -2.48. The highest BCUT2D eigenvalue weighted by Crippen LogP contribution is 2.14. The second-order valence-corrected chi connectivity index (χ2v) is 5.50. The monoisotopic (exact) mass is 238 g/mol. The third-order valence-electron chi connectivity index (χ3n) is 3.42. The maximum Gasteiger partial charge on any atom is 0.108 e. The van der Waals surface area contributed by atoms with Crippen LogP contribution >= 0.6 is 0 Å². The summed E-state index contributed by atoms with van der Waals surface area (Å²) < 4.78 is 0. The van der Waals surface area contributed by atoms with E-state index in [2.05, 4.69) is 49.1 Å². The molecule has 0 bridgehead atoms. The van der Waals surface area contributed by atoms with Crippen molar-refractivity contribution in [2.45, 2.75) is 44.8 Å². The maximum atomic E-state index is 9.10. The van der Waals surface area contributed by atoms with Gasteiger partial charge in [-0.2, -0.15) is 5.26 Å². The fourth-order valence-corrected chi connectivity index (χ4v) is 2.41. The molecule has 1 saturated heterocycles. The molecule has 1 fully saturated rings. The lowest BCUT2D eigenvalue weighted by atomic mass is 10.0. The molecule has 1 aliphatic heterocycles. The molecule has 0 saturated carbocycles. The van der Waals surface area contributed by atoms with Crippen molar-refractivity contribution in [2.24, 2.45) is 0 Å². The summed E-state index contributed by atoms with van der Waals surface area (Å²) in [7, 11) is 4.30. The summed E-state index contributed by atoms with van der Waals surface area (Å²) in [4.78, 5) is 4.72. The Kier molecular flexibility index (Phi) is 5.90. The Balaban J connectivity index is 2.32. The van der Waals surface area contributed by atoms with Crippen molar-refractivity contribution in [3.05, 3.63) is 0 Å². The van der Waals surface area contributed by atoms with E-state index in [1.807, 2.05) is 0 Å². The third kappa shape index (κ3) is 5.03. The highest BCUT2D eigenvalue weighted by atomic mass is 15.2. The van der Waals surface area contributed by atoms with Crippen LogP contribution in [0.15, 0.2) is 0 Å². The molecule has 0 aromatic rings. The Morgan fingerprint density at radius 3 is 2.35 bits per heavy atom. The first-order valence-electron chi connectivity index (χ1n) is 6.57. The molecule has 1 N–H and O–H groups in total. The number of rotatable bonds is 5. The van der Waals surface area contributed by atoms with Crippen molar-refractivity contribution in [1.82, 2.24) is 15.1 Å². The molecule has 1 rings (SSSR count). The quantitative estimate of drug-likeness (QED) is 0.773. The smallest absolute Gasteiger partial charge is 0.108 e. The van der Waals surface area contributed by atoms with Crippen LogP contribution in [-0.2, 0) is 0 Å². The molecular weight excluding hydrogens is 212 g/mol. The molecule has 17 heavy (non-hydrogen) atoms. The van der Waals surface area contributed by atoms with Gasteiger partial charge in [-0.3, -0.25) is 5.32 Å². The lowest BCUT2D eigenvalue weighted by molar-refractivity contribution is 0.139. The Labute approximate surface area is 106 Å². The summed E-state index contributed by atoms with van der Waals surface area (Å²) >= 11 is 0. The summed E-state index contributed by atoms with van der Waals surface area (Å²) in [5, 5.41) is 12.4. The van der Waals surface area contributed by atoms with Gasteiger partial charge in [0.25, 0.3) is 0 Å². The van der Waals surface area contributed by atoms with E-state index in [-0.39, 0.29) is 6.04 Å². The van der Waals surface area contributed by atoms with Crippen molar-refractivity contribution < 1.29 is 0 Å². The molecule has 1 atom stereocenters. The van der Waals surface area contributed by atoms with Gasteiger partial charge < -0.3 is 9.80 Å². The van der Waals surface area contributed by atoms with Crippen LogP contribution in [0.1, 0.15) is 26.7 Å². The minimum absolute atomic E-state index is 0.0362. The minimum Gasteiger partial charge on any atom is -0.306 e. The van der Waals surface area contributed by atoms with Gasteiger partial charge in [-0.05, 0) is 53.9 Å². The van der Waals surface area contributed by atoms with Crippen molar-refractivity contribution in [3.63, 3.8) is 0 Å². The van der Waals surface area contributed by atoms with Crippen LogP contribution in [0.3, 0.4) is 0 Å². The van der Waals surface area contributed by atoms with Gasteiger partial charge in [0.15, 0.2) is 0 Å². The topological polar surface area (TPSA) is 42.3 Å². The molecular formula is C13H26N4. The fourth-order valence-electron chi connectivity index (χ4n) is 2.41. The zero-order chi connectivity index (χ0) is 12.8. The molecule has 4 nitrogen and oxygen atoms in total. The summed E-state index contributed by atoms with van der Waals surface area (Å²) in [6.45, 7) is 7.25. The first kappa shape index (κ1) is 14.4. The zero-order valence-corrected chi connectivity index (χ0v) is 11.6. The van der Waals surface area contributed by atoms with Crippen LogP contribution < -0.4 is 5.32 Å². The molecule has 0 amide bonds. The average Bonchev–Trinajstić information content (AvgIpc) is 2.28. The Bertz CT molecular complexity index is 249. The van der Waals surface area contributed by atoms with Crippen molar-refractivity contribution >= 4 is 0 Å². The molecule has 4 heteroatoms. The van der Waals surface area contributed by atoms with Gasteiger partial charge in [-0.15, -0.1) is 0 Å². The zero-order valence-electron chi connectivity index (χ0n) is 11.6. The van der Waals surface area contributed by atoms with Crippen LogP contribution in [0.5, 0.6) is 0 Å². The molecule has 1 heterocycles. The second kappa shape index (κ2) is 6.95. The number of piperidine rings is 1. The number of nitrogens with zero attached hydrogens (tertiary/aromatic N) is 3. The number of nitrogens with one attached hydrogen (secondary N) is 1. The Morgan fingerprint density at radius 1 is 1.35 bits per heavy atom. The highest BCUT2D eigenvalue weighted by Gasteiger charge is 2.22. The summed E-state index contributed by atoms with van der Waals surface area (Å²) in [5.41, 5.74) is 0. The van der Waals surface area contributed by atoms with E-state index in [0.717, 1.165) is 19.6 Å². The largest absolute Gasteiger partial charge is 0.306 e. The molecule has 0 aliphatic carbocycles. The number of likely N-dealkylation sites (tertiary alicyclic amines) is 1. The van der Waals surface area contributed by atoms with E-state index >= 15 is 0 Å². The van der Waals surface area contributed by atoms with E-state index in [1.54, 1.807) is 0 Å². The van der Waals surface area contributed by atoms with E-state index in [9.17, 15) is 0 Å². The third-order valence-corrected chi connectivity index (χ3v) is 3.42. The number of hydrogen-bond acceptors (Lipinski definition) is 4. The van der Waals surface area contributed by atoms with Crippen LogP contribution in [0.2, 0.25) is 0 Å². The van der Waals surface area contributed by atoms with Crippen LogP contribution in [0.4, 0.5) is 0 Å². The van der Waals surface area contributed by atoms with Gasteiger partial charge in [-0.1, -0.05) is 0 Å². The van der Waals surface area contributed by atoms with Gasteiger partial charge in [0.2, 0.25) is 0 Å². The highest BCUT2D eigenvalue weighted by molar-refractivity contribution is 4.94. The molecule has 0 spiro atoms. The summed E-state index contributed by atoms with van der Waals surface area (Å²) in [5.74, 6) is 0. The standard InChI is InChI=1S/C13H26N4/c1-11(2)15-12(9-14)10-17-7-5-13(6-8-17)16(3)4/h11-13,15H,5-8,10H2,1-4H3. The first-order valence-corrected chi connectivity index (χ1v) is 6.57. The molecule has 0 radical (unpaired) electrons. The number of hydrogen-bond donors (Lipinski definition) is 1. The molecule has 98 valence electrons. The van der Waals surface area contributed by atoms with Gasteiger partial charge in [0, 0.05) is 18.6 Å². The van der Waals surface area contributed by atoms with E-state index < -0.39 is 0 Å². The van der Waals surface area contributed by atoms with E-state index in [1.165, 1.54) is 12.8 Å². The second-order valence-electron chi connectivity index (χ2n) is 5.50. The Morgan fingerprint density at radius 2 is 1.94 bits per heavy atom. The normalized spacial score (nSPS) is 20.8. The van der Waals surface area contributed by atoms with E-state index in [4.69, 9.17) is 5.26 Å². The van der Waals surface area contributed by atoms with Gasteiger partial charge in [0.1, 0.15) is 6.04 Å². The SMILES string of the molecule is CC(C)NC(C#N)CN1CCC(N(C)C)CC1. The van der Waals surface area contributed by atoms with Crippen molar-refractivity contribution in [3.8, 4) is 6.07 Å². The molecule has 0 aromatic carbocycles. The Hall–Kier alpha value is -0.630. The number of nitriles is 1. The summed E-state index contributed by atoms with van der Waals surface area (Å²) in [6.07, 6.45) is 2.43. The first-order chi connectivity index (χ1) is 8.02.